The molecule has 2 N–H and O–H groups in total. The summed E-state index contributed by atoms with van der Waals surface area (Å²) < 4.78 is 110. The molecule has 14 heteroatoms. The van der Waals surface area contributed by atoms with Crippen LogP contribution < -0.4 is 20.4 Å². The Hall–Kier alpha value is -4.26. The van der Waals surface area contributed by atoms with Crippen LogP contribution in [0.5, 0.6) is 0 Å². The number of amides is 1. The third kappa shape index (κ3) is 5.49. The zero-order valence-electron chi connectivity index (χ0n) is 22.2. The molecule has 2 aliphatic rings. The molecular formula is C29H21ClF8N4O. The van der Waals surface area contributed by atoms with Crippen molar-refractivity contribution in [2.75, 3.05) is 28.2 Å². The second-order valence-corrected chi connectivity index (χ2v) is 10.3. The number of alkyl halides is 6. The van der Waals surface area contributed by atoms with E-state index in [-0.39, 0.29) is 62.4 Å². The van der Waals surface area contributed by atoms with Gasteiger partial charge in [0.2, 0.25) is 0 Å². The second kappa shape index (κ2) is 10.5. The van der Waals surface area contributed by atoms with Crippen LogP contribution in [-0.4, -0.2) is 25.2 Å². The van der Waals surface area contributed by atoms with Gasteiger partial charge in [-0.2, -0.15) is 26.3 Å². The van der Waals surface area contributed by atoms with Crippen LogP contribution in [-0.2, 0) is 6.18 Å². The zero-order chi connectivity index (χ0) is 31.6. The number of hydrogen-bond donors (Lipinski definition) is 2. The maximum Gasteiger partial charge on any atom is 0.416 e. The van der Waals surface area contributed by atoms with Crippen LogP contribution in [0.25, 0.3) is 5.70 Å². The number of halogens is 9. The molecular weight excluding hydrogens is 608 g/mol. The number of nitrogens with zero attached hydrogens (tertiary/aromatic N) is 2. The minimum Gasteiger partial charge on any atom is -0.355 e. The summed E-state index contributed by atoms with van der Waals surface area (Å²) in [6.45, 7) is 7.80. The fourth-order valence-corrected chi connectivity index (χ4v) is 5.53. The highest BCUT2D eigenvalue weighted by molar-refractivity contribution is 6.31. The van der Waals surface area contributed by atoms with Crippen LogP contribution in [0.15, 0.2) is 61.4 Å². The maximum atomic E-state index is 14.3. The van der Waals surface area contributed by atoms with E-state index in [1.807, 2.05) is 0 Å². The highest BCUT2D eigenvalue weighted by Crippen LogP contribution is 2.53. The van der Waals surface area contributed by atoms with Gasteiger partial charge >= 0.3 is 12.4 Å². The van der Waals surface area contributed by atoms with Crippen LogP contribution >= 0.6 is 11.6 Å². The summed E-state index contributed by atoms with van der Waals surface area (Å²) in [5.41, 5.74) is -1.76. The van der Waals surface area contributed by atoms with Gasteiger partial charge in [-0.3, -0.25) is 4.79 Å². The van der Waals surface area contributed by atoms with Gasteiger partial charge in [0.25, 0.3) is 5.91 Å². The number of carbonyl (C=O) groups is 1. The van der Waals surface area contributed by atoms with E-state index >= 15 is 0 Å². The molecule has 226 valence electrons. The number of hydrogen-bond acceptors (Lipinski definition) is 4. The molecule has 0 saturated carbocycles. The standard InChI is InChI=1S/C29H21ClF8N4O/c1-4-41-14(3)42(12-28(33,34)35)22-11-21(39-13(2)15-7-16(29(36,37)38)9-18(32)8-15)23-24(26(22)41)27(43)40-25(23)19-10-17(31)5-6-20(19)30/h5-11,25,39H,2-4,12H2,1H3,(H,40,43). The summed E-state index contributed by atoms with van der Waals surface area (Å²) in [6, 6.07) is 5.28. The fourth-order valence-electron chi connectivity index (χ4n) is 5.30. The van der Waals surface area contributed by atoms with E-state index in [2.05, 4.69) is 23.8 Å². The molecule has 5 rings (SSSR count). The van der Waals surface area contributed by atoms with E-state index in [4.69, 9.17) is 11.6 Å². The number of anilines is 3. The Morgan fingerprint density at radius 2 is 1.72 bits per heavy atom. The van der Waals surface area contributed by atoms with E-state index in [0.717, 1.165) is 23.1 Å². The molecule has 3 aromatic carbocycles. The van der Waals surface area contributed by atoms with Crippen molar-refractivity contribution in [3.05, 3.63) is 106 Å². The van der Waals surface area contributed by atoms with Crippen molar-refractivity contribution in [2.24, 2.45) is 0 Å². The van der Waals surface area contributed by atoms with Crippen molar-refractivity contribution >= 4 is 40.3 Å². The molecule has 5 nitrogen and oxygen atoms in total. The molecule has 0 aliphatic carbocycles. The molecule has 1 atom stereocenters. The number of fused-ring (bicyclic) bond motifs is 3. The summed E-state index contributed by atoms with van der Waals surface area (Å²) in [4.78, 5) is 15.8. The normalized spacial score (nSPS) is 16.4. The number of rotatable bonds is 6. The topological polar surface area (TPSA) is 47.6 Å². The number of nitrogens with one attached hydrogen (secondary N) is 2. The molecule has 0 fully saturated rings. The lowest BCUT2D eigenvalue weighted by Crippen LogP contribution is -2.35. The Morgan fingerprint density at radius 1 is 1.02 bits per heavy atom. The van der Waals surface area contributed by atoms with Gasteiger partial charge in [0.1, 0.15) is 24.0 Å². The third-order valence-corrected chi connectivity index (χ3v) is 7.42. The Bertz CT molecular complexity index is 1680. The van der Waals surface area contributed by atoms with Crippen molar-refractivity contribution < 1.29 is 39.9 Å². The SMILES string of the molecule is C=C(Nc1cc2c(c3c1C(c1cc(F)ccc1Cl)NC3=O)N(CC)C(=C)N2CC(F)(F)F)c1cc(F)cc(C(F)(F)F)c1. The van der Waals surface area contributed by atoms with E-state index in [9.17, 15) is 39.9 Å². The first-order valence-corrected chi connectivity index (χ1v) is 13.0. The minimum atomic E-state index is -4.89. The molecule has 2 aliphatic heterocycles. The molecule has 0 saturated heterocycles. The van der Waals surface area contributed by atoms with Crippen molar-refractivity contribution in [3.8, 4) is 0 Å². The Balaban J connectivity index is 1.74. The molecule has 43 heavy (non-hydrogen) atoms. The molecule has 0 aromatic heterocycles. The second-order valence-electron chi connectivity index (χ2n) is 9.84. The maximum absolute atomic E-state index is 14.3. The van der Waals surface area contributed by atoms with Gasteiger partial charge in [-0.05, 0) is 49.4 Å². The lowest BCUT2D eigenvalue weighted by atomic mass is 9.93. The van der Waals surface area contributed by atoms with Gasteiger partial charge in [0, 0.05) is 39.6 Å². The van der Waals surface area contributed by atoms with Crippen molar-refractivity contribution in [2.45, 2.75) is 25.3 Å². The predicted molar refractivity (Wildman–Crippen MR) is 147 cm³/mol. The Labute approximate surface area is 245 Å². The van der Waals surface area contributed by atoms with Gasteiger partial charge in [0.15, 0.2) is 0 Å². The summed E-state index contributed by atoms with van der Waals surface area (Å²) in [5, 5.41) is 5.50. The Kier molecular flexibility index (Phi) is 7.36. The van der Waals surface area contributed by atoms with Crippen LogP contribution in [0.4, 0.5) is 52.2 Å². The lowest BCUT2D eigenvalue weighted by Gasteiger charge is -2.24. The van der Waals surface area contributed by atoms with Crippen molar-refractivity contribution in [3.63, 3.8) is 0 Å². The number of carbonyl (C=O) groups excluding carboxylic acids is 1. The van der Waals surface area contributed by atoms with Crippen LogP contribution in [0.1, 0.15) is 45.6 Å². The first kappa shape index (κ1) is 30.2. The predicted octanol–water partition coefficient (Wildman–Crippen LogP) is 8.23. The lowest BCUT2D eigenvalue weighted by molar-refractivity contribution is -0.137. The summed E-state index contributed by atoms with van der Waals surface area (Å²) in [5.74, 6) is -2.70. The highest BCUT2D eigenvalue weighted by Gasteiger charge is 2.45. The largest absolute Gasteiger partial charge is 0.416 e. The van der Waals surface area contributed by atoms with Gasteiger partial charge in [-0.1, -0.05) is 24.8 Å². The summed E-state index contributed by atoms with van der Waals surface area (Å²) in [7, 11) is 0. The van der Waals surface area contributed by atoms with E-state index in [1.165, 1.54) is 17.0 Å². The van der Waals surface area contributed by atoms with Gasteiger partial charge in [-0.15, -0.1) is 0 Å². The molecule has 2 heterocycles. The van der Waals surface area contributed by atoms with Crippen molar-refractivity contribution in [1.29, 1.82) is 0 Å². The quantitative estimate of drug-likeness (QED) is 0.270. The third-order valence-electron chi connectivity index (χ3n) is 7.08. The monoisotopic (exact) mass is 628 g/mol. The number of benzene rings is 3. The zero-order valence-corrected chi connectivity index (χ0v) is 22.9. The van der Waals surface area contributed by atoms with E-state index < -0.39 is 48.0 Å². The van der Waals surface area contributed by atoms with Crippen molar-refractivity contribution in [1.82, 2.24) is 5.32 Å². The van der Waals surface area contributed by atoms with Crippen LogP contribution in [0.2, 0.25) is 5.02 Å². The molecule has 1 unspecified atom stereocenters. The Morgan fingerprint density at radius 3 is 2.35 bits per heavy atom. The van der Waals surface area contributed by atoms with Gasteiger partial charge < -0.3 is 20.4 Å². The molecule has 0 bridgehead atoms. The first-order chi connectivity index (χ1) is 20.0. The average Bonchev–Trinajstić information content (AvgIpc) is 3.37. The fraction of sp³-hybridized carbons (Fsp3) is 0.207. The molecule has 1 amide bonds. The molecule has 0 spiro atoms. The average molecular weight is 629 g/mol. The van der Waals surface area contributed by atoms with Gasteiger partial charge in [0.05, 0.1) is 28.5 Å². The first-order valence-electron chi connectivity index (χ1n) is 12.6. The van der Waals surface area contributed by atoms with Crippen LogP contribution in [0, 0.1) is 11.6 Å². The molecule has 3 aromatic rings. The highest BCUT2D eigenvalue weighted by atomic mass is 35.5. The summed E-state index contributed by atoms with van der Waals surface area (Å²) >= 11 is 6.35. The summed E-state index contributed by atoms with van der Waals surface area (Å²) in [6.07, 6.45) is -9.57. The molecule has 0 radical (unpaired) electrons. The smallest absolute Gasteiger partial charge is 0.355 e. The van der Waals surface area contributed by atoms with E-state index in [0.29, 0.717) is 12.1 Å². The van der Waals surface area contributed by atoms with E-state index in [1.54, 1.807) is 6.92 Å². The minimum absolute atomic E-state index is 0.0558. The van der Waals surface area contributed by atoms with Gasteiger partial charge in [-0.25, -0.2) is 8.78 Å². The van der Waals surface area contributed by atoms with Crippen LogP contribution in [0.3, 0.4) is 0 Å².